The number of furan rings is 1. The zero-order valence-electron chi connectivity index (χ0n) is 16.4. The average molecular weight is 368 g/mol. The first kappa shape index (κ1) is 18.2. The van der Waals surface area contributed by atoms with E-state index >= 15 is 0 Å². The summed E-state index contributed by atoms with van der Waals surface area (Å²) in [6.45, 7) is 12.8. The number of nitrogens with one attached hydrogen (secondary N) is 1. The van der Waals surface area contributed by atoms with Crippen LogP contribution in [0.4, 0.5) is 0 Å². The van der Waals surface area contributed by atoms with Crippen LogP contribution in [0.15, 0.2) is 33.5 Å². The van der Waals surface area contributed by atoms with Crippen molar-refractivity contribution in [3.05, 3.63) is 40.4 Å². The first-order valence-corrected chi connectivity index (χ1v) is 9.74. The molecule has 6 nitrogen and oxygen atoms in total. The minimum absolute atomic E-state index is 0.199. The van der Waals surface area contributed by atoms with E-state index in [1.54, 1.807) is 0 Å². The molecule has 3 aromatic rings. The lowest BCUT2D eigenvalue weighted by molar-refractivity contribution is 0.114. The summed E-state index contributed by atoms with van der Waals surface area (Å²) in [5.41, 5.74) is 1.86. The van der Waals surface area contributed by atoms with Crippen LogP contribution < -0.4 is 5.56 Å². The maximum absolute atomic E-state index is 12.4. The smallest absolute Gasteiger partial charge is 0.294 e. The summed E-state index contributed by atoms with van der Waals surface area (Å²) in [7, 11) is 0. The van der Waals surface area contributed by atoms with Gasteiger partial charge in [-0.1, -0.05) is 32.9 Å². The van der Waals surface area contributed by atoms with E-state index in [0.717, 1.165) is 38.1 Å². The number of nitrogens with zero attached hydrogens (tertiary/aromatic N) is 3. The topological polar surface area (TPSA) is 65.4 Å². The van der Waals surface area contributed by atoms with Crippen molar-refractivity contribution >= 4 is 22.1 Å². The minimum Gasteiger partial charge on any atom is -0.449 e. The fourth-order valence-corrected chi connectivity index (χ4v) is 3.60. The van der Waals surface area contributed by atoms with Crippen LogP contribution in [0.25, 0.3) is 22.1 Å². The van der Waals surface area contributed by atoms with Gasteiger partial charge in [-0.25, -0.2) is 4.98 Å². The second-order valence-corrected chi connectivity index (χ2v) is 8.72. The van der Waals surface area contributed by atoms with Crippen molar-refractivity contribution in [3.8, 4) is 0 Å². The Hall–Kier alpha value is -2.18. The number of piperazine rings is 1. The molecule has 1 N–H and O–H groups in total. The number of benzene rings is 1. The van der Waals surface area contributed by atoms with E-state index in [-0.39, 0.29) is 5.56 Å². The first-order chi connectivity index (χ1) is 12.9. The lowest BCUT2D eigenvalue weighted by Crippen LogP contribution is -2.46. The van der Waals surface area contributed by atoms with Gasteiger partial charge in [0.15, 0.2) is 0 Å². The van der Waals surface area contributed by atoms with Gasteiger partial charge in [-0.05, 0) is 30.5 Å². The molecule has 0 aliphatic carbocycles. The van der Waals surface area contributed by atoms with Gasteiger partial charge in [0.05, 0.1) is 6.54 Å². The van der Waals surface area contributed by atoms with E-state index in [1.165, 1.54) is 6.42 Å². The summed E-state index contributed by atoms with van der Waals surface area (Å²) in [4.78, 5) is 24.9. The molecule has 1 saturated heterocycles. The SMILES string of the molecule is CC(C)(C)CCN1CCN(Cc2nc3c(oc4ccccc43)c(=O)[nH]2)CC1. The zero-order chi connectivity index (χ0) is 19.0. The molecule has 6 heteroatoms. The molecule has 0 bridgehead atoms. The van der Waals surface area contributed by atoms with Crippen molar-refractivity contribution in [2.24, 2.45) is 5.41 Å². The van der Waals surface area contributed by atoms with E-state index in [2.05, 4.69) is 35.6 Å². The predicted molar refractivity (Wildman–Crippen MR) is 108 cm³/mol. The van der Waals surface area contributed by atoms with Crippen molar-refractivity contribution in [2.45, 2.75) is 33.7 Å². The molecule has 0 spiro atoms. The van der Waals surface area contributed by atoms with Crippen molar-refractivity contribution in [3.63, 3.8) is 0 Å². The molecule has 1 aromatic carbocycles. The molecule has 1 fully saturated rings. The van der Waals surface area contributed by atoms with E-state index in [1.807, 2.05) is 24.3 Å². The molecule has 0 atom stereocenters. The van der Waals surface area contributed by atoms with Crippen LogP contribution in [-0.4, -0.2) is 52.5 Å². The number of rotatable bonds is 4. The Morgan fingerprint density at radius 2 is 1.81 bits per heavy atom. The van der Waals surface area contributed by atoms with Crippen LogP contribution in [0.3, 0.4) is 0 Å². The van der Waals surface area contributed by atoms with Gasteiger partial charge in [0, 0.05) is 31.6 Å². The molecule has 2 aromatic heterocycles. The van der Waals surface area contributed by atoms with Crippen LogP contribution in [0.5, 0.6) is 0 Å². The van der Waals surface area contributed by atoms with Gasteiger partial charge in [0.1, 0.15) is 16.9 Å². The molecule has 0 amide bonds. The van der Waals surface area contributed by atoms with Crippen LogP contribution in [0.2, 0.25) is 0 Å². The summed E-state index contributed by atoms with van der Waals surface area (Å²) in [6, 6.07) is 7.66. The largest absolute Gasteiger partial charge is 0.449 e. The molecule has 0 radical (unpaired) electrons. The molecule has 144 valence electrons. The minimum atomic E-state index is -0.199. The van der Waals surface area contributed by atoms with Gasteiger partial charge in [0.25, 0.3) is 5.56 Å². The second-order valence-electron chi connectivity index (χ2n) is 8.72. The van der Waals surface area contributed by atoms with Crippen molar-refractivity contribution < 1.29 is 4.42 Å². The third-order valence-electron chi connectivity index (χ3n) is 5.30. The van der Waals surface area contributed by atoms with E-state index in [0.29, 0.717) is 34.5 Å². The quantitative estimate of drug-likeness (QED) is 0.766. The van der Waals surface area contributed by atoms with E-state index in [9.17, 15) is 4.79 Å². The molecule has 1 aliphatic heterocycles. The molecule has 1 aliphatic rings. The Balaban J connectivity index is 1.45. The third-order valence-corrected chi connectivity index (χ3v) is 5.30. The lowest BCUT2D eigenvalue weighted by Gasteiger charge is -2.35. The highest BCUT2D eigenvalue weighted by molar-refractivity contribution is 6.01. The van der Waals surface area contributed by atoms with Gasteiger partial charge in [-0.15, -0.1) is 0 Å². The maximum atomic E-state index is 12.4. The van der Waals surface area contributed by atoms with Crippen LogP contribution in [-0.2, 0) is 6.54 Å². The molecular formula is C21H28N4O2. The number of aromatic nitrogens is 2. The number of para-hydroxylation sites is 1. The summed E-state index contributed by atoms with van der Waals surface area (Å²) in [5.74, 6) is 0.710. The number of hydrogen-bond donors (Lipinski definition) is 1. The zero-order valence-corrected chi connectivity index (χ0v) is 16.4. The number of H-pyrrole nitrogens is 1. The maximum Gasteiger partial charge on any atom is 0.294 e. The van der Waals surface area contributed by atoms with Crippen molar-refractivity contribution in [1.82, 2.24) is 19.8 Å². The standard InChI is InChI=1S/C21H28N4O2/c1-21(2,3)8-9-24-10-12-25(13-11-24)14-17-22-18-15-6-4-5-7-16(15)27-19(18)20(26)23-17/h4-7H,8-14H2,1-3H3,(H,22,23,26). The summed E-state index contributed by atoms with van der Waals surface area (Å²) >= 11 is 0. The second kappa shape index (κ2) is 7.09. The number of fused-ring (bicyclic) bond motifs is 3. The van der Waals surface area contributed by atoms with Crippen molar-refractivity contribution in [1.29, 1.82) is 0 Å². The van der Waals surface area contributed by atoms with Gasteiger partial charge >= 0.3 is 0 Å². The van der Waals surface area contributed by atoms with E-state index in [4.69, 9.17) is 9.40 Å². The summed E-state index contributed by atoms with van der Waals surface area (Å²) < 4.78 is 5.67. The van der Waals surface area contributed by atoms with Crippen LogP contribution in [0.1, 0.15) is 33.0 Å². The Morgan fingerprint density at radius 1 is 1.11 bits per heavy atom. The number of aromatic amines is 1. The first-order valence-electron chi connectivity index (χ1n) is 9.74. The van der Waals surface area contributed by atoms with Crippen LogP contribution >= 0.6 is 0 Å². The average Bonchev–Trinajstić information content (AvgIpc) is 3.00. The molecule has 3 heterocycles. The Kier molecular flexibility index (Phi) is 4.78. The highest BCUT2D eigenvalue weighted by Crippen LogP contribution is 2.24. The highest BCUT2D eigenvalue weighted by atomic mass is 16.3. The predicted octanol–water partition coefficient (Wildman–Crippen LogP) is 3.22. The molecule has 0 unspecified atom stereocenters. The molecule has 4 rings (SSSR count). The van der Waals surface area contributed by atoms with Gasteiger partial charge in [0.2, 0.25) is 5.58 Å². The Bertz CT molecular complexity index is 991. The summed E-state index contributed by atoms with van der Waals surface area (Å²) in [6.07, 6.45) is 1.21. The highest BCUT2D eigenvalue weighted by Gasteiger charge is 2.20. The lowest BCUT2D eigenvalue weighted by atomic mass is 9.92. The third kappa shape index (κ3) is 4.06. The Labute approximate surface area is 159 Å². The molecule has 27 heavy (non-hydrogen) atoms. The number of hydrogen-bond acceptors (Lipinski definition) is 5. The van der Waals surface area contributed by atoms with Crippen molar-refractivity contribution in [2.75, 3.05) is 32.7 Å². The Morgan fingerprint density at radius 3 is 2.56 bits per heavy atom. The van der Waals surface area contributed by atoms with Gasteiger partial charge in [-0.2, -0.15) is 0 Å². The monoisotopic (exact) mass is 368 g/mol. The molecule has 0 saturated carbocycles. The normalized spacial score (nSPS) is 17.1. The molecular weight excluding hydrogens is 340 g/mol. The van der Waals surface area contributed by atoms with Crippen LogP contribution in [0, 0.1) is 5.41 Å². The fourth-order valence-electron chi connectivity index (χ4n) is 3.60. The van der Waals surface area contributed by atoms with Gasteiger partial charge in [-0.3, -0.25) is 9.69 Å². The van der Waals surface area contributed by atoms with E-state index < -0.39 is 0 Å². The van der Waals surface area contributed by atoms with Gasteiger partial charge < -0.3 is 14.3 Å². The summed E-state index contributed by atoms with van der Waals surface area (Å²) in [5, 5.41) is 0.895. The fraction of sp³-hybridized carbons (Fsp3) is 0.524.